The lowest BCUT2D eigenvalue weighted by Gasteiger charge is -2.59. The lowest BCUT2D eigenvalue weighted by Crippen LogP contribution is -2.63. The van der Waals surface area contributed by atoms with Gasteiger partial charge >= 0.3 is 6.16 Å². The van der Waals surface area contributed by atoms with Gasteiger partial charge in [0.25, 0.3) is 0 Å². The number of benzene rings is 1. The van der Waals surface area contributed by atoms with Crippen molar-refractivity contribution < 1.29 is 53.8 Å². The van der Waals surface area contributed by atoms with E-state index in [1.54, 1.807) is 24.3 Å². The van der Waals surface area contributed by atoms with Gasteiger partial charge in [0.2, 0.25) is 5.78 Å². The van der Waals surface area contributed by atoms with Crippen molar-refractivity contribution >= 4 is 17.7 Å². The molecule has 0 aromatic heterocycles. The third-order valence-corrected chi connectivity index (χ3v) is 14.8. The molecule has 1 saturated heterocycles. The predicted molar refractivity (Wildman–Crippen MR) is 242 cm³/mol. The normalized spacial score (nSPS) is 31.1. The van der Waals surface area contributed by atoms with E-state index in [2.05, 4.69) is 33.0 Å². The number of aromatic hydroxyl groups is 1. The van der Waals surface area contributed by atoms with Gasteiger partial charge in [-0.05, 0) is 101 Å². The highest BCUT2D eigenvalue weighted by Crippen LogP contribution is 2.69. The fourth-order valence-electron chi connectivity index (χ4n) is 11.5. The number of carbonyl (C=O) groups excluding carboxylic acids is 3. The van der Waals surface area contributed by atoms with E-state index in [-0.39, 0.29) is 53.8 Å². The maximum atomic E-state index is 14.2. The number of rotatable bonds is 20. The highest BCUT2D eigenvalue weighted by molar-refractivity contribution is 6.01. The molecule has 4 fully saturated rings. The number of fused-ring (bicyclic) bond motifs is 7. The summed E-state index contributed by atoms with van der Waals surface area (Å²) in [6.45, 7) is 14.6. The van der Waals surface area contributed by atoms with Gasteiger partial charge in [0, 0.05) is 34.4 Å². The van der Waals surface area contributed by atoms with Gasteiger partial charge in [0.05, 0.1) is 31.5 Å². The molecular weight excluding hydrogens is 803 g/mol. The minimum Gasteiger partial charge on any atom is -0.508 e. The van der Waals surface area contributed by atoms with E-state index in [9.17, 15) is 29.7 Å². The van der Waals surface area contributed by atoms with Crippen LogP contribution in [0.5, 0.6) is 5.75 Å². The Balaban J connectivity index is 0.000000370. The average molecular weight is 882 g/mol. The molecule has 3 saturated carbocycles. The number of ether oxygens (including phenoxy) is 4. The Labute approximate surface area is 376 Å². The Morgan fingerprint density at radius 3 is 2.32 bits per heavy atom. The van der Waals surface area contributed by atoms with Crippen molar-refractivity contribution in [3.63, 3.8) is 0 Å². The molecule has 1 aromatic rings. The molecule has 1 aromatic carbocycles. The van der Waals surface area contributed by atoms with Crippen molar-refractivity contribution in [3.8, 4) is 5.75 Å². The van der Waals surface area contributed by atoms with Crippen molar-refractivity contribution in [2.24, 2.45) is 28.6 Å². The Bertz CT molecular complexity index is 1750. The number of hydrogen-bond acceptors (Lipinski definition) is 12. The zero-order valence-corrected chi connectivity index (χ0v) is 39.3. The summed E-state index contributed by atoms with van der Waals surface area (Å²) in [5, 5.41) is 43.5. The molecule has 0 spiro atoms. The molecular formula is C51H79NO11. The van der Waals surface area contributed by atoms with Gasteiger partial charge in [0.15, 0.2) is 24.3 Å². The van der Waals surface area contributed by atoms with E-state index in [1.807, 2.05) is 26.8 Å². The zero-order chi connectivity index (χ0) is 46.0. The summed E-state index contributed by atoms with van der Waals surface area (Å²) in [4.78, 5) is 39.0. The minimum atomic E-state index is -1.31. The molecule has 10 atom stereocenters. The Kier molecular flexibility index (Phi) is 18.1. The third kappa shape index (κ3) is 11.8. The van der Waals surface area contributed by atoms with Crippen molar-refractivity contribution in [3.05, 3.63) is 53.1 Å². The van der Waals surface area contributed by atoms with Crippen LogP contribution in [0.25, 0.3) is 0 Å². The van der Waals surface area contributed by atoms with E-state index in [4.69, 9.17) is 24.1 Å². The van der Waals surface area contributed by atoms with Crippen molar-refractivity contribution in [2.45, 2.75) is 194 Å². The molecule has 0 bridgehead atoms. The highest BCUT2D eigenvalue weighted by Gasteiger charge is 2.76. The molecule has 6 rings (SSSR count). The smallest absolute Gasteiger partial charge is 0.508 e. The largest absolute Gasteiger partial charge is 0.508 e. The molecule has 1 heterocycles. The van der Waals surface area contributed by atoms with Crippen LogP contribution in [0, 0.1) is 28.6 Å². The molecule has 0 radical (unpaired) electrons. The Hall–Kier alpha value is -3.13. The lowest BCUT2D eigenvalue weighted by atomic mass is 9.46. The first-order valence-corrected chi connectivity index (χ1v) is 24.1. The van der Waals surface area contributed by atoms with Crippen molar-refractivity contribution in [1.82, 2.24) is 5.32 Å². The molecule has 63 heavy (non-hydrogen) atoms. The number of ketones is 2. The van der Waals surface area contributed by atoms with E-state index in [1.165, 1.54) is 51.0 Å². The van der Waals surface area contributed by atoms with Crippen LogP contribution in [-0.4, -0.2) is 87.5 Å². The van der Waals surface area contributed by atoms with Crippen LogP contribution in [0.4, 0.5) is 4.79 Å². The van der Waals surface area contributed by atoms with Gasteiger partial charge in [0.1, 0.15) is 5.75 Å². The number of aliphatic hydroxyl groups excluding tert-OH is 3. The molecule has 0 amide bonds. The zero-order valence-electron chi connectivity index (χ0n) is 39.3. The van der Waals surface area contributed by atoms with Crippen LogP contribution < -0.4 is 5.32 Å². The number of unbranched alkanes of at least 4 members (excludes halogenated alkanes) is 9. The van der Waals surface area contributed by atoms with Crippen molar-refractivity contribution in [1.29, 1.82) is 0 Å². The fourth-order valence-corrected chi connectivity index (χ4v) is 11.5. The van der Waals surface area contributed by atoms with Gasteiger partial charge in [-0.1, -0.05) is 110 Å². The summed E-state index contributed by atoms with van der Waals surface area (Å²) in [6.07, 6.45) is 18.3. The summed E-state index contributed by atoms with van der Waals surface area (Å²) in [5.41, 5.74) is -0.269. The van der Waals surface area contributed by atoms with E-state index >= 15 is 0 Å². The Morgan fingerprint density at radius 2 is 1.67 bits per heavy atom. The van der Waals surface area contributed by atoms with E-state index in [0.29, 0.717) is 36.9 Å². The van der Waals surface area contributed by atoms with E-state index < -0.39 is 53.8 Å². The monoisotopic (exact) mass is 882 g/mol. The first-order valence-electron chi connectivity index (χ1n) is 24.1. The van der Waals surface area contributed by atoms with Crippen molar-refractivity contribution in [2.75, 3.05) is 19.8 Å². The maximum absolute atomic E-state index is 14.2. The number of nitrogens with one attached hydrogen (secondary N) is 1. The van der Waals surface area contributed by atoms with Crippen LogP contribution in [0.1, 0.15) is 168 Å². The predicted octanol–water partition coefficient (Wildman–Crippen LogP) is 9.10. The lowest BCUT2D eigenvalue weighted by molar-refractivity contribution is -0.200. The average Bonchev–Trinajstić information content (AvgIpc) is 3.72. The molecule has 12 heteroatoms. The first kappa shape index (κ1) is 50.9. The number of phenols is 1. The van der Waals surface area contributed by atoms with Gasteiger partial charge < -0.3 is 44.7 Å². The second-order valence-electron chi connectivity index (χ2n) is 20.3. The quantitative estimate of drug-likeness (QED) is 0.0620. The molecule has 12 nitrogen and oxygen atoms in total. The summed E-state index contributed by atoms with van der Waals surface area (Å²) in [7, 11) is 0. The first-order chi connectivity index (χ1) is 29.9. The second-order valence-corrected chi connectivity index (χ2v) is 20.3. The number of Topliss-reactive ketones (excluding diaryl/α,β-unsaturated/α-hetero) is 1. The van der Waals surface area contributed by atoms with Crippen LogP contribution in [0.15, 0.2) is 42.0 Å². The van der Waals surface area contributed by atoms with Crippen LogP contribution in [0.2, 0.25) is 0 Å². The van der Waals surface area contributed by atoms with Gasteiger partial charge in [-0.2, -0.15) is 0 Å². The molecule has 5 aliphatic rings. The minimum absolute atomic E-state index is 0.00630. The SMILES string of the molecule is CC(C)(C)NCC(O)c1ccc(O)c(CO)c1.CCCCCCCCCCCCOC(=O)OCC(=O)[C@@]12OC(CCC)O[C@@H]1C[C@H]1[C@@H]3CCC4=CC(=O)C=C[C@]4(C)[C@H]3[C@@H](O)C[C@@]12C. The van der Waals surface area contributed by atoms with Crippen LogP contribution >= 0.6 is 0 Å². The van der Waals surface area contributed by atoms with Crippen LogP contribution in [-0.2, 0) is 35.1 Å². The van der Waals surface area contributed by atoms with Gasteiger partial charge in [-0.25, -0.2) is 4.79 Å². The summed E-state index contributed by atoms with van der Waals surface area (Å²) in [6, 6.07) is 4.76. The molecule has 5 N–H and O–H groups in total. The van der Waals surface area contributed by atoms with E-state index in [0.717, 1.165) is 44.1 Å². The molecule has 4 aliphatic carbocycles. The molecule has 1 aliphatic heterocycles. The third-order valence-electron chi connectivity index (χ3n) is 14.8. The summed E-state index contributed by atoms with van der Waals surface area (Å²) >= 11 is 0. The summed E-state index contributed by atoms with van der Waals surface area (Å²) < 4.78 is 23.8. The number of β-amino-alcohol motifs (C(OH)–C–C–N with tert-alkyl or cyclic N) is 1. The number of aliphatic hydroxyl groups is 3. The highest BCUT2D eigenvalue weighted by atomic mass is 16.8. The Morgan fingerprint density at radius 1 is 0.984 bits per heavy atom. The maximum Gasteiger partial charge on any atom is 0.508 e. The van der Waals surface area contributed by atoms with Gasteiger partial charge in [-0.3, -0.25) is 9.59 Å². The number of hydrogen-bond donors (Lipinski definition) is 5. The summed E-state index contributed by atoms with van der Waals surface area (Å²) in [5.74, 6) is -0.116. The fraction of sp³-hybridized carbons (Fsp3) is 0.745. The number of carbonyl (C=O) groups is 3. The number of allylic oxidation sites excluding steroid dienone is 4. The molecule has 2 unspecified atom stereocenters. The van der Waals surface area contributed by atoms with Crippen LogP contribution in [0.3, 0.4) is 0 Å². The topological polar surface area (TPSA) is 181 Å². The second kappa shape index (κ2) is 22.4. The van der Waals surface area contributed by atoms with Gasteiger partial charge in [-0.15, -0.1) is 0 Å². The molecule has 354 valence electrons. The standard InChI is InChI=1S/C38H58O8.C13H21NO3/c1-5-7-8-9-10-11-12-13-14-15-21-43-35(42)44-25-31(41)38-32(45-33(46-38)16-6-2)23-29-28-18-17-26-22-27(39)19-20-36(26,3)34(28)30(40)24-37(29,38)4;1-13(2,3)14-7-12(17)9-4-5-11(16)10(6-9)8-15/h19-20,22,28-30,32-34,40H,5-18,21,23-25H2,1-4H3;4-6,12,14-17H,7-8H2,1-3H3/t28-,29-,30-,32+,33?,34+,36-,37-,38+;/m0./s1.